The minimum absolute atomic E-state index is 0.0277. The first kappa shape index (κ1) is 28.9. The number of urea groups is 1. The number of allylic oxidation sites excluding steroid dienone is 2. The van der Waals surface area contributed by atoms with Crippen molar-refractivity contribution < 1.29 is 49.1 Å². The SMILES string of the molecule is CN(C)c1cc(CNC(=O)Nc2ccc3c(c2)OCO3)c(O)c2c1C[C@H]1C[C@H]3CC(O)=C(C(N)=O)C(=O)[C@@]3(O)C(O)=C1C2=O. The summed E-state index contributed by atoms with van der Waals surface area (Å²) >= 11 is 0. The zero-order chi connectivity index (χ0) is 31.7. The number of ketones is 2. The van der Waals surface area contributed by atoms with Crippen molar-refractivity contribution in [3.05, 3.63) is 63.6 Å². The van der Waals surface area contributed by atoms with E-state index in [1.807, 2.05) is 0 Å². The number of primary amides is 1. The van der Waals surface area contributed by atoms with Crippen molar-refractivity contribution in [2.75, 3.05) is 31.1 Å². The second-order valence-corrected chi connectivity index (χ2v) is 11.4. The highest BCUT2D eigenvalue weighted by Gasteiger charge is 2.59. The maximum atomic E-state index is 14.0. The molecular formula is C30H30N4O10. The van der Waals surface area contributed by atoms with Gasteiger partial charge >= 0.3 is 6.03 Å². The molecule has 1 aliphatic heterocycles. The number of aromatic hydroxyl groups is 1. The topological polar surface area (TPSA) is 221 Å². The molecule has 0 aromatic heterocycles. The molecule has 230 valence electrons. The molecule has 0 unspecified atom stereocenters. The zero-order valence-corrected chi connectivity index (χ0v) is 23.8. The molecular weight excluding hydrogens is 576 g/mol. The van der Waals surface area contributed by atoms with Gasteiger partial charge in [0.15, 0.2) is 22.9 Å². The lowest BCUT2D eigenvalue weighted by Gasteiger charge is -2.46. The van der Waals surface area contributed by atoms with E-state index in [0.717, 1.165) is 0 Å². The van der Waals surface area contributed by atoms with Crippen LogP contribution in [0.5, 0.6) is 17.2 Å². The Kier molecular flexibility index (Phi) is 6.68. The van der Waals surface area contributed by atoms with Crippen LogP contribution in [0.3, 0.4) is 0 Å². The summed E-state index contributed by atoms with van der Waals surface area (Å²) in [7, 11) is 3.49. The maximum absolute atomic E-state index is 14.0. The van der Waals surface area contributed by atoms with Crippen LogP contribution in [0, 0.1) is 11.8 Å². The smallest absolute Gasteiger partial charge is 0.319 e. The summed E-state index contributed by atoms with van der Waals surface area (Å²) in [5.74, 6) is -5.96. The number of amides is 3. The van der Waals surface area contributed by atoms with Gasteiger partial charge in [-0.2, -0.15) is 0 Å². The summed E-state index contributed by atoms with van der Waals surface area (Å²) in [6.45, 7) is -0.106. The molecule has 3 amide bonds. The highest BCUT2D eigenvalue weighted by Crippen LogP contribution is 2.52. The van der Waals surface area contributed by atoms with Crippen LogP contribution >= 0.6 is 0 Å². The van der Waals surface area contributed by atoms with E-state index in [-0.39, 0.29) is 49.3 Å². The average molecular weight is 607 g/mol. The first-order chi connectivity index (χ1) is 20.8. The summed E-state index contributed by atoms with van der Waals surface area (Å²) in [5, 5.41) is 49.7. The summed E-state index contributed by atoms with van der Waals surface area (Å²) < 4.78 is 10.6. The number of aliphatic hydroxyl groups is 3. The average Bonchev–Trinajstić information content (AvgIpc) is 3.42. The number of hydrogen-bond donors (Lipinski definition) is 7. The van der Waals surface area contributed by atoms with Gasteiger partial charge in [0.05, 0.1) is 5.56 Å². The number of aliphatic hydroxyl groups excluding tert-OH is 2. The number of fused-ring (bicyclic) bond motifs is 4. The molecule has 3 atom stereocenters. The number of carbonyl (C=O) groups is 4. The third-order valence-corrected chi connectivity index (χ3v) is 8.67. The fourth-order valence-electron chi connectivity index (χ4n) is 6.58. The molecule has 14 heteroatoms. The van der Waals surface area contributed by atoms with E-state index >= 15 is 0 Å². The second kappa shape index (κ2) is 10.2. The molecule has 2 aromatic rings. The molecule has 44 heavy (non-hydrogen) atoms. The van der Waals surface area contributed by atoms with E-state index in [0.29, 0.717) is 28.4 Å². The Balaban J connectivity index is 1.33. The Labute approximate surface area is 250 Å². The van der Waals surface area contributed by atoms with Crippen LogP contribution in [0.25, 0.3) is 0 Å². The minimum atomic E-state index is -2.65. The number of phenolic OH excluding ortho intramolecular Hbond substituents is 1. The predicted molar refractivity (Wildman–Crippen MR) is 154 cm³/mol. The number of nitrogens with one attached hydrogen (secondary N) is 2. The van der Waals surface area contributed by atoms with Gasteiger partial charge in [-0.1, -0.05) is 0 Å². The van der Waals surface area contributed by atoms with Gasteiger partial charge in [-0.3, -0.25) is 14.4 Å². The molecule has 8 N–H and O–H groups in total. The molecule has 4 aliphatic rings. The Bertz CT molecular complexity index is 1730. The molecule has 14 nitrogen and oxygen atoms in total. The number of nitrogens with two attached hydrogens (primary N) is 1. The molecule has 0 fully saturated rings. The standard InChI is InChI=1S/C30H30N4O10/c1-34(2)17-7-13(10-32-29(41)33-15-3-4-19-20(9-15)44-11-43-19)24(36)22-16(17)6-12-5-14-8-18(35)23(28(31)40)27(39)30(14,42)26(38)21(12)25(22)37/h3-4,7,9,12,14,35-36,38,42H,5-6,8,10-11H2,1-2H3,(H2,31,40)(H2,32,33,41)/t12-,14+,30+/m1/s1. The molecule has 3 aliphatic carbocycles. The number of ether oxygens (including phenoxy) is 2. The third-order valence-electron chi connectivity index (χ3n) is 8.67. The number of Topliss-reactive ketones (excluding diaryl/α,β-unsaturated/α-hetero) is 2. The van der Waals surface area contributed by atoms with Gasteiger partial charge in [-0.05, 0) is 42.5 Å². The van der Waals surface area contributed by atoms with Crippen LogP contribution in [-0.4, -0.2) is 70.4 Å². The molecule has 0 radical (unpaired) electrons. The minimum Gasteiger partial charge on any atom is -0.511 e. The van der Waals surface area contributed by atoms with Crippen LogP contribution in [0.15, 0.2) is 46.9 Å². The van der Waals surface area contributed by atoms with Gasteiger partial charge in [0.1, 0.15) is 22.8 Å². The first-order valence-corrected chi connectivity index (χ1v) is 13.8. The van der Waals surface area contributed by atoms with Crippen molar-refractivity contribution in [2.24, 2.45) is 17.6 Å². The van der Waals surface area contributed by atoms with Crippen molar-refractivity contribution in [1.82, 2.24) is 5.32 Å². The molecule has 0 spiro atoms. The summed E-state index contributed by atoms with van der Waals surface area (Å²) in [6, 6.07) is 5.93. The highest BCUT2D eigenvalue weighted by atomic mass is 16.7. The van der Waals surface area contributed by atoms with Gasteiger partial charge in [0.25, 0.3) is 5.91 Å². The number of anilines is 2. The van der Waals surface area contributed by atoms with E-state index < -0.39 is 63.8 Å². The number of benzene rings is 2. The highest BCUT2D eigenvalue weighted by molar-refractivity contribution is 6.24. The number of nitrogens with zero attached hydrogens (tertiary/aromatic N) is 1. The first-order valence-electron chi connectivity index (χ1n) is 13.8. The molecule has 0 bridgehead atoms. The van der Waals surface area contributed by atoms with Gasteiger partial charge in [0.2, 0.25) is 12.6 Å². The summed E-state index contributed by atoms with van der Waals surface area (Å²) in [4.78, 5) is 53.5. The van der Waals surface area contributed by atoms with E-state index in [9.17, 15) is 39.6 Å². The molecule has 1 heterocycles. The monoisotopic (exact) mass is 606 g/mol. The fourth-order valence-corrected chi connectivity index (χ4v) is 6.58. The quantitative estimate of drug-likeness (QED) is 0.243. The van der Waals surface area contributed by atoms with Crippen LogP contribution in [-0.2, 0) is 22.6 Å². The Morgan fingerprint density at radius 3 is 2.52 bits per heavy atom. The van der Waals surface area contributed by atoms with Crippen LogP contribution in [0.1, 0.15) is 34.3 Å². The zero-order valence-electron chi connectivity index (χ0n) is 23.8. The van der Waals surface area contributed by atoms with E-state index in [2.05, 4.69) is 10.6 Å². The lowest BCUT2D eigenvalue weighted by atomic mass is 9.60. The van der Waals surface area contributed by atoms with E-state index in [1.54, 1.807) is 43.3 Å². The number of rotatable bonds is 5. The van der Waals surface area contributed by atoms with Gasteiger partial charge < -0.3 is 51.2 Å². The van der Waals surface area contributed by atoms with Crippen molar-refractivity contribution in [1.29, 1.82) is 0 Å². The normalized spacial score (nSPS) is 23.5. The third kappa shape index (κ3) is 4.28. The predicted octanol–water partition coefficient (Wildman–Crippen LogP) is 1.70. The second-order valence-electron chi connectivity index (χ2n) is 11.4. The molecule has 2 aromatic carbocycles. The van der Waals surface area contributed by atoms with Crippen molar-refractivity contribution in [2.45, 2.75) is 31.4 Å². The van der Waals surface area contributed by atoms with Gasteiger partial charge in [-0.15, -0.1) is 0 Å². The Hall–Kier alpha value is -5.24. The molecule has 6 rings (SSSR count). The van der Waals surface area contributed by atoms with Crippen LogP contribution in [0.4, 0.5) is 16.2 Å². The largest absolute Gasteiger partial charge is 0.511 e. The van der Waals surface area contributed by atoms with Crippen LogP contribution < -0.4 is 30.7 Å². The number of carbonyl (C=O) groups excluding carboxylic acids is 4. The fraction of sp³-hybridized carbons (Fsp3) is 0.333. The van der Waals surface area contributed by atoms with Crippen molar-refractivity contribution in [3.63, 3.8) is 0 Å². The Morgan fingerprint density at radius 2 is 1.82 bits per heavy atom. The van der Waals surface area contributed by atoms with Gasteiger partial charge in [0, 0.05) is 61.6 Å². The number of phenols is 1. The maximum Gasteiger partial charge on any atom is 0.319 e. The summed E-state index contributed by atoms with van der Waals surface area (Å²) in [6.07, 6.45) is -0.117. The van der Waals surface area contributed by atoms with Gasteiger partial charge in [-0.25, -0.2) is 4.79 Å². The van der Waals surface area contributed by atoms with E-state index in [1.165, 1.54) is 0 Å². The molecule has 0 saturated carbocycles. The lowest BCUT2D eigenvalue weighted by Crippen LogP contribution is -2.57. The number of hydrogen-bond acceptors (Lipinski definition) is 11. The van der Waals surface area contributed by atoms with Crippen LogP contribution in [0.2, 0.25) is 0 Å². The van der Waals surface area contributed by atoms with E-state index in [4.69, 9.17) is 15.2 Å². The lowest BCUT2D eigenvalue weighted by molar-refractivity contribution is -0.144. The Morgan fingerprint density at radius 1 is 1.09 bits per heavy atom. The summed E-state index contributed by atoms with van der Waals surface area (Å²) in [5.41, 5.74) is 3.07. The van der Waals surface area contributed by atoms with Crippen molar-refractivity contribution in [3.8, 4) is 17.2 Å². The molecule has 0 saturated heterocycles. The van der Waals surface area contributed by atoms with Crippen molar-refractivity contribution >= 4 is 34.9 Å².